The molecule has 1 aromatic heterocycles. The molecule has 3 rings (SSSR count). The third-order valence-electron chi connectivity index (χ3n) is 2.80. The second-order valence-corrected chi connectivity index (χ2v) is 3.84. The summed E-state index contributed by atoms with van der Waals surface area (Å²) in [5, 5.41) is 3.66. The summed E-state index contributed by atoms with van der Waals surface area (Å²) in [6, 6.07) is 5.52. The van der Waals surface area contributed by atoms with Gasteiger partial charge >= 0.3 is 0 Å². The Morgan fingerprint density at radius 2 is 2.29 bits per heavy atom. The zero-order valence-corrected chi connectivity index (χ0v) is 9.05. The van der Waals surface area contributed by atoms with E-state index in [0.717, 1.165) is 23.3 Å². The molecule has 0 fully saturated rings. The molecule has 0 spiro atoms. The first-order valence-corrected chi connectivity index (χ1v) is 5.38. The minimum atomic E-state index is 0.185. The van der Waals surface area contributed by atoms with Gasteiger partial charge in [-0.2, -0.15) is 4.98 Å². The fourth-order valence-corrected chi connectivity index (χ4v) is 1.99. The Morgan fingerprint density at radius 3 is 3.12 bits per heavy atom. The van der Waals surface area contributed by atoms with E-state index >= 15 is 0 Å². The number of benzene rings is 1. The molecule has 0 aliphatic heterocycles. The van der Waals surface area contributed by atoms with Crippen LogP contribution in [-0.2, 0) is 13.0 Å². The zero-order valence-electron chi connectivity index (χ0n) is 9.05. The molecule has 1 aromatic carbocycles. The quantitative estimate of drug-likeness (QED) is 0.804. The van der Waals surface area contributed by atoms with E-state index in [1.54, 1.807) is 0 Å². The van der Waals surface area contributed by atoms with E-state index in [2.05, 4.69) is 14.7 Å². The van der Waals surface area contributed by atoms with Crippen molar-refractivity contribution in [1.82, 2.24) is 10.1 Å². The van der Waals surface area contributed by atoms with Crippen LogP contribution in [0.4, 0.5) is 0 Å². The summed E-state index contributed by atoms with van der Waals surface area (Å²) in [5.74, 6) is 1.41. The van der Waals surface area contributed by atoms with E-state index in [-0.39, 0.29) is 12.4 Å². The van der Waals surface area contributed by atoms with Gasteiger partial charge in [0, 0.05) is 17.5 Å². The highest BCUT2D eigenvalue weighted by Gasteiger charge is 2.22. The second-order valence-electron chi connectivity index (χ2n) is 3.84. The van der Waals surface area contributed by atoms with Gasteiger partial charge in [0.2, 0.25) is 12.2 Å². The van der Waals surface area contributed by atoms with Crippen LogP contribution in [0.25, 0.3) is 0 Å². The van der Waals surface area contributed by atoms with Gasteiger partial charge in [0.05, 0.1) is 0 Å². The van der Waals surface area contributed by atoms with Crippen LogP contribution < -0.4 is 4.74 Å². The van der Waals surface area contributed by atoms with Crippen LogP contribution in [0.2, 0.25) is 0 Å². The number of hydrogen-bond acceptors (Lipinski definition) is 5. The molecule has 1 aliphatic rings. The molecule has 1 aliphatic carbocycles. The van der Waals surface area contributed by atoms with Crippen LogP contribution in [0, 0.1) is 0 Å². The number of hydrogen-bond donors (Lipinski definition) is 0. The molecule has 0 saturated heterocycles. The maximum atomic E-state index is 11.6. The SMILES string of the molecule is O=C1CCc2c(OCc3ncon3)cccc21. The first kappa shape index (κ1) is 10.0. The maximum Gasteiger partial charge on any atom is 0.213 e. The third kappa shape index (κ3) is 1.80. The number of fused-ring (bicyclic) bond motifs is 1. The predicted molar refractivity (Wildman–Crippen MR) is 57.7 cm³/mol. The zero-order chi connectivity index (χ0) is 11.7. The summed E-state index contributed by atoms with van der Waals surface area (Å²) in [6.45, 7) is 0.251. The van der Waals surface area contributed by atoms with Gasteiger partial charge in [0.15, 0.2) is 12.4 Å². The Bertz CT molecular complexity index is 549. The Kier molecular flexibility index (Phi) is 2.36. The van der Waals surface area contributed by atoms with Crippen molar-refractivity contribution in [1.29, 1.82) is 0 Å². The van der Waals surface area contributed by atoms with Gasteiger partial charge in [-0.25, -0.2) is 0 Å². The number of aromatic nitrogens is 2. The van der Waals surface area contributed by atoms with Crippen molar-refractivity contribution in [2.75, 3.05) is 0 Å². The highest BCUT2D eigenvalue weighted by molar-refractivity contribution is 6.01. The topological polar surface area (TPSA) is 65.2 Å². The largest absolute Gasteiger partial charge is 0.485 e. The van der Waals surface area contributed by atoms with Crippen molar-refractivity contribution in [3.8, 4) is 5.75 Å². The minimum absolute atomic E-state index is 0.185. The summed E-state index contributed by atoms with van der Waals surface area (Å²) < 4.78 is 10.2. The van der Waals surface area contributed by atoms with E-state index < -0.39 is 0 Å². The number of ether oxygens (including phenoxy) is 1. The summed E-state index contributed by atoms with van der Waals surface area (Å²) in [6.07, 6.45) is 2.58. The molecule has 0 N–H and O–H groups in total. The van der Waals surface area contributed by atoms with Gasteiger partial charge in [0.25, 0.3) is 0 Å². The molecule has 2 aromatic rings. The Balaban J connectivity index is 1.82. The van der Waals surface area contributed by atoms with E-state index in [1.807, 2.05) is 18.2 Å². The number of carbonyl (C=O) groups excluding carboxylic acids is 1. The number of Topliss-reactive ketones (excluding diaryl/α,β-unsaturated/α-hetero) is 1. The molecular weight excluding hydrogens is 220 g/mol. The molecule has 0 bridgehead atoms. The summed E-state index contributed by atoms with van der Waals surface area (Å²) in [4.78, 5) is 15.4. The molecule has 0 unspecified atom stereocenters. The van der Waals surface area contributed by atoms with Crippen molar-refractivity contribution >= 4 is 5.78 Å². The highest BCUT2D eigenvalue weighted by atomic mass is 16.5. The molecule has 86 valence electrons. The van der Waals surface area contributed by atoms with Crippen molar-refractivity contribution in [3.05, 3.63) is 41.5 Å². The average Bonchev–Trinajstić information content (AvgIpc) is 2.97. The summed E-state index contributed by atoms with van der Waals surface area (Å²) in [5.41, 5.74) is 1.76. The van der Waals surface area contributed by atoms with E-state index in [0.29, 0.717) is 12.2 Å². The van der Waals surface area contributed by atoms with Crippen LogP contribution in [0.5, 0.6) is 5.75 Å². The summed E-state index contributed by atoms with van der Waals surface area (Å²) in [7, 11) is 0. The van der Waals surface area contributed by atoms with Gasteiger partial charge in [-0.15, -0.1) is 0 Å². The number of carbonyl (C=O) groups is 1. The molecular formula is C12H10N2O3. The molecule has 0 atom stereocenters. The normalized spacial score (nSPS) is 13.8. The van der Waals surface area contributed by atoms with Crippen LogP contribution in [0.3, 0.4) is 0 Å². The van der Waals surface area contributed by atoms with Crippen LogP contribution in [0.15, 0.2) is 29.1 Å². The fourth-order valence-electron chi connectivity index (χ4n) is 1.99. The van der Waals surface area contributed by atoms with Crippen LogP contribution in [-0.4, -0.2) is 15.9 Å². The molecule has 0 saturated carbocycles. The Labute approximate surface area is 97.4 Å². The lowest BCUT2D eigenvalue weighted by Crippen LogP contribution is -2.00. The van der Waals surface area contributed by atoms with E-state index in [9.17, 15) is 4.79 Å². The molecule has 5 heteroatoms. The molecule has 0 radical (unpaired) electrons. The van der Waals surface area contributed by atoms with Gasteiger partial charge in [-0.05, 0) is 12.5 Å². The molecule has 1 heterocycles. The van der Waals surface area contributed by atoms with Crippen molar-refractivity contribution in [2.24, 2.45) is 0 Å². The predicted octanol–water partition coefficient (Wildman–Crippen LogP) is 1.78. The lowest BCUT2D eigenvalue weighted by molar-refractivity contribution is 0.0994. The minimum Gasteiger partial charge on any atom is -0.485 e. The average molecular weight is 230 g/mol. The maximum absolute atomic E-state index is 11.6. The van der Waals surface area contributed by atoms with Gasteiger partial charge in [-0.3, -0.25) is 4.79 Å². The third-order valence-corrected chi connectivity index (χ3v) is 2.80. The van der Waals surface area contributed by atoms with Gasteiger partial charge in [-0.1, -0.05) is 17.3 Å². The first-order valence-electron chi connectivity index (χ1n) is 5.38. The van der Waals surface area contributed by atoms with Crippen molar-refractivity contribution in [3.63, 3.8) is 0 Å². The monoisotopic (exact) mass is 230 g/mol. The number of ketones is 1. The van der Waals surface area contributed by atoms with E-state index in [4.69, 9.17) is 4.74 Å². The Hall–Kier alpha value is -2.17. The number of rotatable bonds is 3. The fraction of sp³-hybridized carbons (Fsp3) is 0.250. The standard InChI is InChI=1S/C12H10N2O3/c15-10-5-4-9-8(10)2-1-3-11(9)16-6-12-13-7-17-14-12/h1-3,7H,4-6H2. The molecule has 5 nitrogen and oxygen atoms in total. The van der Waals surface area contributed by atoms with Gasteiger partial charge < -0.3 is 9.26 Å². The molecule has 17 heavy (non-hydrogen) atoms. The van der Waals surface area contributed by atoms with Crippen LogP contribution >= 0.6 is 0 Å². The molecule has 0 amide bonds. The van der Waals surface area contributed by atoms with Gasteiger partial charge in [0.1, 0.15) is 5.75 Å². The Morgan fingerprint density at radius 1 is 1.35 bits per heavy atom. The summed E-state index contributed by atoms with van der Waals surface area (Å²) >= 11 is 0. The smallest absolute Gasteiger partial charge is 0.213 e. The first-order chi connectivity index (χ1) is 8.34. The van der Waals surface area contributed by atoms with Crippen LogP contribution in [0.1, 0.15) is 28.2 Å². The lowest BCUT2D eigenvalue weighted by atomic mass is 10.1. The lowest BCUT2D eigenvalue weighted by Gasteiger charge is -2.07. The van der Waals surface area contributed by atoms with Crippen molar-refractivity contribution < 1.29 is 14.1 Å². The van der Waals surface area contributed by atoms with E-state index in [1.165, 1.54) is 6.39 Å². The van der Waals surface area contributed by atoms with Crippen molar-refractivity contribution in [2.45, 2.75) is 19.4 Å². The second kappa shape index (κ2) is 4.01. The highest BCUT2D eigenvalue weighted by Crippen LogP contribution is 2.30. The number of nitrogens with zero attached hydrogens (tertiary/aromatic N) is 2.